The zero-order chi connectivity index (χ0) is 41.0. The summed E-state index contributed by atoms with van der Waals surface area (Å²) in [7, 11) is 0. The van der Waals surface area contributed by atoms with Crippen molar-refractivity contribution in [2.45, 2.75) is 104 Å². The maximum absolute atomic E-state index is 11.6. The molecule has 0 aliphatic rings. The highest BCUT2D eigenvalue weighted by Crippen LogP contribution is 2.38. The van der Waals surface area contributed by atoms with Gasteiger partial charge in [-0.05, 0) is 128 Å². The van der Waals surface area contributed by atoms with Crippen LogP contribution in [-0.4, -0.2) is 28.9 Å². The monoisotopic (exact) mass is 797 g/mol. The molecular formula is C50H59N3O4S. The van der Waals surface area contributed by atoms with Crippen LogP contribution in [0.25, 0.3) is 28.7 Å². The first kappa shape index (κ1) is 43.6. The van der Waals surface area contributed by atoms with Crippen LogP contribution in [-0.2, 0) is 11.3 Å². The number of hydrogen-bond acceptors (Lipinski definition) is 6. The van der Waals surface area contributed by atoms with E-state index in [4.69, 9.17) is 9.47 Å². The Kier molecular flexibility index (Phi) is 17.8. The molecule has 58 heavy (non-hydrogen) atoms. The fourth-order valence-corrected chi connectivity index (χ4v) is 7.74. The Bertz CT molecular complexity index is 2030. The molecule has 0 aliphatic carbocycles. The lowest BCUT2D eigenvalue weighted by molar-refractivity contribution is -0.132. The van der Waals surface area contributed by atoms with Gasteiger partial charge < -0.3 is 24.0 Å². The molecule has 7 nitrogen and oxygen atoms in total. The number of carbonyl (C=O) groups is 1. The Morgan fingerprint density at radius 2 is 1.17 bits per heavy atom. The summed E-state index contributed by atoms with van der Waals surface area (Å²) < 4.78 is 14.2. The second-order valence-electron chi connectivity index (χ2n) is 14.6. The van der Waals surface area contributed by atoms with Gasteiger partial charge in [0.05, 0.1) is 13.2 Å². The summed E-state index contributed by atoms with van der Waals surface area (Å²) in [5, 5.41) is 18.8. The summed E-state index contributed by atoms with van der Waals surface area (Å²) in [6.45, 7) is 8.84. The minimum atomic E-state index is -1.22. The van der Waals surface area contributed by atoms with E-state index in [9.17, 15) is 15.2 Å². The first-order valence-corrected chi connectivity index (χ1v) is 21.9. The van der Waals surface area contributed by atoms with Gasteiger partial charge in [0.25, 0.3) is 0 Å². The Labute approximate surface area is 349 Å². The summed E-state index contributed by atoms with van der Waals surface area (Å²) in [6, 6.07) is 35.4. The van der Waals surface area contributed by atoms with Crippen molar-refractivity contribution in [3.63, 3.8) is 0 Å². The van der Waals surface area contributed by atoms with Crippen molar-refractivity contribution >= 4 is 52.6 Å². The molecular weight excluding hydrogens is 739 g/mol. The van der Waals surface area contributed by atoms with Gasteiger partial charge in [0.2, 0.25) is 0 Å². The number of aliphatic carboxylic acids is 1. The normalized spacial score (nSPS) is 11.5. The molecule has 2 aromatic heterocycles. The van der Waals surface area contributed by atoms with E-state index >= 15 is 0 Å². The van der Waals surface area contributed by atoms with Crippen LogP contribution in [0.5, 0.6) is 11.5 Å². The predicted octanol–water partition coefficient (Wildman–Crippen LogP) is 14.3. The van der Waals surface area contributed by atoms with Crippen molar-refractivity contribution in [2.75, 3.05) is 18.1 Å². The fourth-order valence-electron chi connectivity index (χ4n) is 6.82. The number of hydrogen-bond donors (Lipinski definition) is 1. The Morgan fingerprint density at radius 1 is 0.655 bits per heavy atom. The van der Waals surface area contributed by atoms with Gasteiger partial charge in [0.1, 0.15) is 23.1 Å². The summed E-state index contributed by atoms with van der Waals surface area (Å²) in [5.41, 5.74) is 5.70. The summed E-state index contributed by atoms with van der Waals surface area (Å²) >= 11 is 1.72. The second-order valence-corrected chi connectivity index (χ2v) is 15.7. The lowest BCUT2D eigenvalue weighted by Gasteiger charge is -2.26. The number of carboxylic acids is 1. The smallest absolute Gasteiger partial charge is 0.346 e. The highest BCUT2D eigenvalue weighted by Gasteiger charge is 2.15. The van der Waals surface area contributed by atoms with Gasteiger partial charge in [-0.1, -0.05) is 90.7 Å². The van der Waals surface area contributed by atoms with Gasteiger partial charge in [-0.3, -0.25) is 0 Å². The third-order valence-corrected chi connectivity index (χ3v) is 11.2. The van der Waals surface area contributed by atoms with Gasteiger partial charge >= 0.3 is 5.97 Å². The number of nitrogens with zero attached hydrogens (tertiary/aromatic N) is 3. The average Bonchev–Trinajstić information content (AvgIpc) is 3.88. The van der Waals surface area contributed by atoms with E-state index in [1.165, 1.54) is 44.6 Å². The van der Waals surface area contributed by atoms with Crippen LogP contribution in [0.2, 0.25) is 0 Å². The van der Waals surface area contributed by atoms with E-state index < -0.39 is 5.97 Å². The number of unbranched alkanes of at least 4 members (excludes halogenated alkanes) is 9. The van der Waals surface area contributed by atoms with E-state index in [0.29, 0.717) is 0 Å². The topological polar surface area (TPSA) is 87.7 Å². The summed E-state index contributed by atoms with van der Waals surface area (Å²) in [4.78, 5) is 16.1. The molecule has 304 valence electrons. The molecule has 1 N–H and O–H groups in total. The highest BCUT2D eigenvalue weighted by molar-refractivity contribution is 7.16. The molecule has 0 unspecified atom stereocenters. The molecule has 0 spiro atoms. The number of rotatable bonds is 25. The van der Waals surface area contributed by atoms with Gasteiger partial charge in [-0.2, -0.15) is 5.26 Å². The molecule has 0 aliphatic heterocycles. The SMILES string of the molecule is CCCCCCOc1ccc(N(c2ccc(OCCCCCC)cc2)c2ccc(-c3ccc(/C=C/c4ccc(/C=C(/C#N)C(=O)O)n4CCCCCC)s3)cc2)cc1. The molecule has 5 rings (SSSR count). The number of benzene rings is 3. The quantitative estimate of drug-likeness (QED) is 0.0359. The van der Waals surface area contributed by atoms with E-state index in [2.05, 4.69) is 127 Å². The van der Waals surface area contributed by atoms with Crippen LogP contribution in [0, 0.1) is 11.3 Å². The summed E-state index contributed by atoms with van der Waals surface area (Å²) in [6.07, 6.45) is 19.4. The lowest BCUT2D eigenvalue weighted by Crippen LogP contribution is -2.10. The number of nitriles is 1. The zero-order valence-corrected chi connectivity index (χ0v) is 35.3. The van der Waals surface area contributed by atoms with Crippen molar-refractivity contribution in [1.29, 1.82) is 5.26 Å². The van der Waals surface area contributed by atoms with Gasteiger partial charge in [-0.25, -0.2) is 4.79 Å². The van der Waals surface area contributed by atoms with E-state index in [0.717, 1.165) is 114 Å². The van der Waals surface area contributed by atoms with Crippen LogP contribution < -0.4 is 14.4 Å². The van der Waals surface area contributed by atoms with Gasteiger partial charge in [0.15, 0.2) is 0 Å². The van der Waals surface area contributed by atoms with Crippen LogP contribution in [0.4, 0.5) is 17.1 Å². The third-order valence-electron chi connectivity index (χ3n) is 10.1. The first-order chi connectivity index (χ1) is 28.4. The maximum Gasteiger partial charge on any atom is 0.346 e. The molecule has 8 heteroatoms. The Balaban J connectivity index is 1.34. The van der Waals surface area contributed by atoms with Crippen LogP contribution >= 0.6 is 11.3 Å². The second kappa shape index (κ2) is 23.6. The van der Waals surface area contributed by atoms with Crippen LogP contribution in [0.3, 0.4) is 0 Å². The molecule has 0 atom stereocenters. The van der Waals surface area contributed by atoms with E-state index in [1.54, 1.807) is 11.3 Å². The standard InChI is InChI=1S/C50H59N3O4S/c1-4-7-10-13-34-52-41(20-21-45(52)37-40(38-51)50(54)55)26-31-48-32-33-49(58-48)39-16-18-42(19-17-39)53(43-22-27-46(28-23-43)56-35-14-11-8-5-2)44-24-29-47(30-25-44)57-36-15-12-9-6-3/h16-33,37H,4-15,34-36H2,1-3H3,(H,54,55)/b31-26+,40-37-. The molecule has 0 bridgehead atoms. The number of ether oxygens (including phenoxy) is 2. The van der Waals surface area contributed by atoms with Crippen molar-refractivity contribution in [2.24, 2.45) is 0 Å². The average molecular weight is 798 g/mol. The summed E-state index contributed by atoms with van der Waals surface area (Å²) in [5.74, 6) is 0.549. The van der Waals surface area contributed by atoms with Gasteiger partial charge in [-0.15, -0.1) is 11.3 Å². The van der Waals surface area contributed by atoms with E-state index in [1.807, 2.05) is 18.2 Å². The number of anilines is 3. The first-order valence-electron chi connectivity index (χ1n) is 21.1. The highest BCUT2D eigenvalue weighted by atomic mass is 32.1. The van der Waals surface area contributed by atoms with Crippen LogP contribution in [0.1, 0.15) is 114 Å². The van der Waals surface area contributed by atoms with Crippen molar-refractivity contribution < 1.29 is 19.4 Å². The number of aromatic nitrogens is 1. The zero-order valence-electron chi connectivity index (χ0n) is 34.5. The third kappa shape index (κ3) is 13.0. The molecule has 5 aromatic rings. The minimum absolute atomic E-state index is 0.271. The molecule has 0 saturated carbocycles. The lowest BCUT2D eigenvalue weighted by atomic mass is 10.1. The fraction of sp³-hybridized carbons (Fsp3) is 0.360. The molecule has 0 amide bonds. The Morgan fingerprint density at radius 3 is 1.69 bits per heavy atom. The van der Waals surface area contributed by atoms with Crippen LogP contribution in [0.15, 0.2) is 103 Å². The maximum atomic E-state index is 11.6. The molecule has 0 saturated heterocycles. The number of carboxylic acid groups (broad SMARTS) is 1. The minimum Gasteiger partial charge on any atom is -0.494 e. The molecule has 0 fully saturated rings. The molecule has 0 radical (unpaired) electrons. The number of thiophene rings is 1. The van der Waals surface area contributed by atoms with Gasteiger partial charge in [0, 0.05) is 44.7 Å². The Hall–Kier alpha value is -5.52. The predicted molar refractivity (Wildman–Crippen MR) is 242 cm³/mol. The molecule has 2 heterocycles. The van der Waals surface area contributed by atoms with Crippen molar-refractivity contribution in [1.82, 2.24) is 4.57 Å². The van der Waals surface area contributed by atoms with Crippen molar-refractivity contribution in [3.8, 4) is 28.0 Å². The molecule has 3 aromatic carbocycles. The van der Waals surface area contributed by atoms with E-state index in [-0.39, 0.29) is 5.57 Å². The van der Waals surface area contributed by atoms with Crippen molar-refractivity contribution in [3.05, 3.63) is 119 Å². The largest absolute Gasteiger partial charge is 0.494 e.